The van der Waals surface area contributed by atoms with Crippen LogP contribution in [0.25, 0.3) is 32.6 Å². The third-order valence-corrected chi connectivity index (χ3v) is 3.62. The van der Waals surface area contributed by atoms with Gasteiger partial charge in [-0.05, 0) is 29.0 Å². The first-order chi connectivity index (χ1) is 9.34. The van der Waals surface area contributed by atoms with Crippen molar-refractivity contribution >= 4 is 32.6 Å². The molecule has 0 bridgehead atoms. The second-order valence-electron chi connectivity index (χ2n) is 4.72. The topological polar surface area (TPSA) is 26.9 Å². The van der Waals surface area contributed by atoms with Gasteiger partial charge in [-0.15, -0.1) is 0 Å². The number of pyridine rings is 1. The summed E-state index contributed by atoms with van der Waals surface area (Å²) in [6.07, 6.45) is 0. The summed E-state index contributed by atoms with van der Waals surface area (Å²) in [5.74, 6) is 0. The minimum atomic E-state index is 0.713. The summed E-state index contributed by atoms with van der Waals surface area (Å²) in [5, 5.41) is 16.7. The first-order valence-corrected chi connectivity index (χ1v) is 6.27. The van der Waals surface area contributed by atoms with E-state index in [0.717, 1.165) is 31.8 Å². The van der Waals surface area contributed by atoms with Gasteiger partial charge < -0.3 is 5.21 Å². The molecule has 0 N–H and O–H groups in total. The van der Waals surface area contributed by atoms with E-state index >= 15 is 0 Å². The molecule has 0 aliphatic heterocycles. The lowest BCUT2D eigenvalue weighted by atomic mass is 10.0. The van der Waals surface area contributed by atoms with Crippen molar-refractivity contribution in [3.63, 3.8) is 0 Å². The molecule has 0 saturated carbocycles. The highest BCUT2D eigenvalue weighted by molar-refractivity contribution is 6.07. The lowest BCUT2D eigenvalue weighted by Gasteiger charge is -2.08. The van der Waals surface area contributed by atoms with Gasteiger partial charge in [0.1, 0.15) is 0 Å². The number of aromatic nitrogens is 1. The van der Waals surface area contributed by atoms with Crippen LogP contribution in [-0.2, 0) is 0 Å². The number of hydrogen-bond donors (Lipinski definition) is 0. The molecule has 2 heteroatoms. The Bertz CT molecular complexity index is 928. The molecule has 0 atom stereocenters. The van der Waals surface area contributed by atoms with Crippen molar-refractivity contribution in [3.8, 4) is 0 Å². The van der Waals surface area contributed by atoms with Crippen LogP contribution in [0.5, 0.6) is 0 Å². The summed E-state index contributed by atoms with van der Waals surface area (Å²) in [4.78, 5) is 0. The normalized spacial score (nSPS) is 11.4. The van der Waals surface area contributed by atoms with Crippen LogP contribution in [0.2, 0.25) is 0 Å². The molecule has 0 aliphatic carbocycles. The molecule has 0 spiro atoms. The van der Waals surface area contributed by atoms with Crippen molar-refractivity contribution in [1.82, 2.24) is 0 Å². The Kier molecular flexibility index (Phi) is 2.00. The van der Waals surface area contributed by atoms with Crippen LogP contribution >= 0.6 is 0 Å². The second kappa shape index (κ2) is 3.69. The SMILES string of the molecule is [O-][n+]1c2ccccc2cc2c3ccccc3ccc21. The van der Waals surface area contributed by atoms with Crippen molar-refractivity contribution in [2.24, 2.45) is 0 Å². The number of nitrogens with zero attached hydrogens (tertiary/aromatic N) is 1. The molecule has 0 unspecified atom stereocenters. The molecule has 0 fully saturated rings. The summed E-state index contributed by atoms with van der Waals surface area (Å²) in [6.45, 7) is 0. The molecule has 1 heterocycles. The Hall–Kier alpha value is -2.61. The van der Waals surface area contributed by atoms with E-state index in [0.29, 0.717) is 5.52 Å². The van der Waals surface area contributed by atoms with Gasteiger partial charge in [0.25, 0.3) is 0 Å². The number of fused-ring (bicyclic) bond motifs is 4. The molecule has 3 aromatic carbocycles. The van der Waals surface area contributed by atoms with Gasteiger partial charge in [0.2, 0.25) is 11.0 Å². The number of para-hydroxylation sites is 1. The van der Waals surface area contributed by atoms with Crippen LogP contribution in [0.15, 0.2) is 66.7 Å². The zero-order chi connectivity index (χ0) is 12.8. The van der Waals surface area contributed by atoms with Gasteiger partial charge in [-0.2, -0.15) is 4.73 Å². The Morgan fingerprint density at radius 2 is 1.37 bits per heavy atom. The number of benzene rings is 3. The molecule has 0 radical (unpaired) electrons. The molecule has 90 valence electrons. The smallest absolute Gasteiger partial charge is 0.224 e. The van der Waals surface area contributed by atoms with Crippen LogP contribution < -0.4 is 4.73 Å². The van der Waals surface area contributed by atoms with E-state index in [4.69, 9.17) is 0 Å². The van der Waals surface area contributed by atoms with Crippen molar-refractivity contribution < 1.29 is 4.73 Å². The Morgan fingerprint density at radius 1 is 0.632 bits per heavy atom. The quantitative estimate of drug-likeness (QED) is 0.200. The summed E-state index contributed by atoms with van der Waals surface area (Å²) in [7, 11) is 0. The summed E-state index contributed by atoms with van der Waals surface area (Å²) in [5.41, 5.74) is 1.43. The van der Waals surface area contributed by atoms with Gasteiger partial charge in [0.15, 0.2) is 0 Å². The molecule has 19 heavy (non-hydrogen) atoms. The van der Waals surface area contributed by atoms with Crippen molar-refractivity contribution in [3.05, 3.63) is 71.9 Å². The minimum absolute atomic E-state index is 0.713. The second-order valence-corrected chi connectivity index (χ2v) is 4.72. The zero-order valence-corrected chi connectivity index (χ0v) is 10.2. The monoisotopic (exact) mass is 245 g/mol. The van der Waals surface area contributed by atoms with Crippen LogP contribution in [0.4, 0.5) is 0 Å². The van der Waals surface area contributed by atoms with Crippen molar-refractivity contribution in [1.29, 1.82) is 0 Å². The van der Waals surface area contributed by atoms with Gasteiger partial charge in [0, 0.05) is 17.5 Å². The van der Waals surface area contributed by atoms with Gasteiger partial charge in [-0.25, -0.2) is 0 Å². The Labute approximate surface area is 110 Å². The molecule has 0 amide bonds. The van der Waals surface area contributed by atoms with E-state index < -0.39 is 0 Å². The standard InChI is InChI=1S/C17H11NO/c19-18-16-8-4-2-6-13(16)11-15-14-7-3-1-5-12(14)9-10-17(15)18/h1-11H. The first-order valence-electron chi connectivity index (χ1n) is 6.27. The fourth-order valence-electron chi connectivity index (χ4n) is 2.69. The van der Waals surface area contributed by atoms with Gasteiger partial charge in [-0.1, -0.05) is 36.4 Å². The highest BCUT2D eigenvalue weighted by atomic mass is 16.5. The average molecular weight is 245 g/mol. The zero-order valence-electron chi connectivity index (χ0n) is 10.2. The van der Waals surface area contributed by atoms with Crippen molar-refractivity contribution in [2.45, 2.75) is 0 Å². The summed E-state index contributed by atoms with van der Waals surface area (Å²) in [6, 6.07) is 21.8. The van der Waals surface area contributed by atoms with E-state index in [1.165, 1.54) is 0 Å². The van der Waals surface area contributed by atoms with Gasteiger partial charge in [-0.3, -0.25) is 0 Å². The molecule has 0 aliphatic rings. The molecular weight excluding hydrogens is 234 g/mol. The highest BCUT2D eigenvalue weighted by Gasteiger charge is 2.11. The molecule has 4 rings (SSSR count). The third-order valence-electron chi connectivity index (χ3n) is 3.62. The number of hydrogen-bond acceptors (Lipinski definition) is 1. The summed E-state index contributed by atoms with van der Waals surface area (Å²) < 4.78 is 1.02. The fourth-order valence-corrected chi connectivity index (χ4v) is 2.69. The molecule has 2 nitrogen and oxygen atoms in total. The van der Waals surface area contributed by atoms with Crippen molar-refractivity contribution in [2.75, 3.05) is 0 Å². The predicted octanol–water partition coefficient (Wildman–Crippen LogP) is 3.78. The highest BCUT2D eigenvalue weighted by Crippen LogP contribution is 2.26. The van der Waals surface area contributed by atoms with E-state index in [1.807, 2.05) is 48.5 Å². The number of rotatable bonds is 0. The third kappa shape index (κ3) is 1.40. The van der Waals surface area contributed by atoms with Gasteiger partial charge >= 0.3 is 0 Å². The Balaban J connectivity index is 2.32. The first kappa shape index (κ1) is 10.3. The average Bonchev–Trinajstić information content (AvgIpc) is 2.47. The van der Waals surface area contributed by atoms with Gasteiger partial charge in [0.05, 0.1) is 5.39 Å². The van der Waals surface area contributed by atoms with Crippen LogP contribution in [-0.4, -0.2) is 0 Å². The summed E-state index contributed by atoms with van der Waals surface area (Å²) >= 11 is 0. The van der Waals surface area contributed by atoms with Crippen LogP contribution in [0, 0.1) is 5.21 Å². The molecular formula is C17H11NO. The molecule has 0 saturated heterocycles. The van der Waals surface area contributed by atoms with E-state index in [1.54, 1.807) is 0 Å². The maximum absolute atomic E-state index is 12.4. The largest absolute Gasteiger partial charge is 0.618 e. The lowest BCUT2D eigenvalue weighted by molar-refractivity contribution is -0.547. The fraction of sp³-hybridized carbons (Fsp3) is 0. The van der Waals surface area contributed by atoms with E-state index in [9.17, 15) is 5.21 Å². The Morgan fingerprint density at radius 3 is 2.26 bits per heavy atom. The lowest BCUT2D eigenvalue weighted by Crippen LogP contribution is -2.27. The predicted molar refractivity (Wildman–Crippen MR) is 77.9 cm³/mol. The van der Waals surface area contributed by atoms with E-state index in [2.05, 4.69) is 18.2 Å². The van der Waals surface area contributed by atoms with E-state index in [-0.39, 0.29) is 0 Å². The van der Waals surface area contributed by atoms with Crippen LogP contribution in [0.3, 0.4) is 0 Å². The molecule has 1 aromatic heterocycles. The maximum atomic E-state index is 12.4. The minimum Gasteiger partial charge on any atom is -0.618 e. The molecule has 4 aromatic rings. The van der Waals surface area contributed by atoms with Crippen LogP contribution in [0.1, 0.15) is 0 Å². The maximum Gasteiger partial charge on any atom is 0.224 e.